The number of halogens is 2. The van der Waals surface area contributed by atoms with E-state index in [9.17, 15) is 18.4 Å². The summed E-state index contributed by atoms with van der Waals surface area (Å²) in [7, 11) is 0. The molecule has 7 nitrogen and oxygen atoms in total. The summed E-state index contributed by atoms with van der Waals surface area (Å²) in [5.41, 5.74) is -0.338. The van der Waals surface area contributed by atoms with Gasteiger partial charge in [0.1, 0.15) is 17.7 Å². The zero-order valence-electron chi connectivity index (χ0n) is 12.3. The number of anilines is 1. The highest BCUT2D eigenvalue weighted by molar-refractivity contribution is 5.93. The number of hydrogen-bond acceptors (Lipinski definition) is 5. The average Bonchev–Trinajstić information content (AvgIpc) is 3.19. The molecule has 0 saturated heterocycles. The number of hydrogen-bond donors (Lipinski definition) is 1. The van der Waals surface area contributed by atoms with Crippen LogP contribution in [0.3, 0.4) is 0 Å². The first-order valence-electron chi connectivity index (χ1n) is 6.85. The average molecular weight is 335 g/mol. The van der Waals surface area contributed by atoms with E-state index in [0.717, 1.165) is 22.9 Å². The number of rotatable bonds is 4. The van der Waals surface area contributed by atoms with E-state index >= 15 is 0 Å². The Bertz CT molecular complexity index is 931. The summed E-state index contributed by atoms with van der Waals surface area (Å²) in [6.45, 7) is 1.36. The number of nitrogens with zero attached hydrogens (tertiary/aromatic N) is 2. The van der Waals surface area contributed by atoms with Gasteiger partial charge in [0.25, 0.3) is 5.89 Å². The monoisotopic (exact) mass is 335 g/mol. The number of carbonyl (C=O) groups is 1. The van der Waals surface area contributed by atoms with Crippen LogP contribution >= 0.6 is 0 Å². The standard InChI is InChI=1S/C15H11F2N3O4/c1-8(13(21)18-11-7-9(16)4-5-10(11)17)20-15(22)24-14(19-20)12-3-2-6-23-12/h2-8H,1H3,(H,18,21)/t8-/m0/s1. The summed E-state index contributed by atoms with van der Waals surface area (Å²) < 4.78 is 37.5. The second kappa shape index (κ2) is 6.11. The molecule has 1 N–H and O–H groups in total. The third-order valence-corrected chi connectivity index (χ3v) is 3.23. The van der Waals surface area contributed by atoms with Gasteiger partial charge in [-0.3, -0.25) is 4.79 Å². The molecule has 0 fully saturated rings. The Balaban J connectivity index is 1.84. The molecule has 1 aromatic carbocycles. The smallest absolute Gasteiger partial charge is 0.438 e. The predicted molar refractivity (Wildman–Crippen MR) is 78.2 cm³/mol. The fourth-order valence-corrected chi connectivity index (χ4v) is 1.97. The fourth-order valence-electron chi connectivity index (χ4n) is 1.97. The Morgan fingerprint density at radius 3 is 2.83 bits per heavy atom. The van der Waals surface area contributed by atoms with Crippen molar-refractivity contribution in [1.29, 1.82) is 0 Å². The van der Waals surface area contributed by atoms with Gasteiger partial charge < -0.3 is 14.2 Å². The van der Waals surface area contributed by atoms with Crippen LogP contribution in [0.1, 0.15) is 13.0 Å². The second-order valence-electron chi connectivity index (χ2n) is 4.88. The maximum absolute atomic E-state index is 13.6. The van der Waals surface area contributed by atoms with E-state index in [2.05, 4.69) is 10.4 Å². The first-order chi connectivity index (χ1) is 11.5. The van der Waals surface area contributed by atoms with Gasteiger partial charge >= 0.3 is 5.76 Å². The van der Waals surface area contributed by atoms with E-state index in [1.807, 2.05) is 0 Å². The molecule has 24 heavy (non-hydrogen) atoms. The fraction of sp³-hybridized carbons (Fsp3) is 0.133. The number of carbonyl (C=O) groups excluding carboxylic acids is 1. The van der Waals surface area contributed by atoms with Gasteiger partial charge in [-0.2, -0.15) is 4.68 Å². The first kappa shape index (κ1) is 15.7. The quantitative estimate of drug-likeness (QED) is 0.791. The molecule has 124 valence electrons. The van der Waals surface area contributed by atoms with Gasteiger partial charge in [-0.25, -0.2) is 13.6 Å². The third-order valence-electron chi connectivity index (χ3n) is 3.23. The van der Waals surface area contributed by atoms with Crippen LogP contribution in [0.25, 0.3) is 11.7 Å². The third kappa shape index (κ3) is 2.96. The molecular formula is C15H11F2N3O4. The van der Waals surface area contributed by atoms with Gasteiger partial charge in [-0.1, -0.05) is 0 Å². The zero-order chi connectivity index (χ0) is 17.3. The van der Waals surface area contributed by atoms with Crippen LogP contribution < -0.4 is 11.1 Å². The van der Waals surface area contributed by atoms with Crippen molar-refractivity contribution >= 4 is 11.6 Å². The first-order valence-corrected chi connectivity index (χ1v) is 6.85. The molecule has 1 atom stereocenters. The lowest BCUT2D eigenvalue weighted by molar-refractivity contribution is -0.119. The number of benzene rings is 1. The van der Waals surface area contributed by atoms with E-state index in [-0.39, 0.29) is 17.3 Å². The van der Waals surface area contributed by atoms with Crippen molar-refractivity contribution in [2.75, 3.05) is 5.32 Å². The minimum atomic E-state index is -1.12. The van der Waals surface area contributed by atoms with Gasteiger partial charge in [0.15, 0.2) is 5.76 Å². The molecule has 0 radical (unpaired) electrons. The SMILES string of the molecule is C[C@@H](C(=O)Nc1cc(F)ccc1F)n1nc(-c2ccco2)oc1=O. The Labute approximate surface area is 133 Å². The largest absolute Gasteiger partial charge is 0.459 e. The molecule has 2 heterocycles. The van der Waals surface area contributed by atoms with E-state index in [1.54, 1.807) is 6.07 Å². The van der Waals surface area contributed by atoms with E-state index in [0.29, 0.717) is 0 Å². The lowest BCUT2D eigenvalue weighted by Crippen LogP contribution is -2.30. The summed E-state index contributed by atoms with van der Waals surface area (Å²) in [4.78, 5) is 24.0. The number of amides is 1. The van der Waals surface area contributed by atoms with E-state index in [4.69, 9.17) is 8.83 Å². The lowest BCUT2D eigenvalue weighted by atomic mass is 10.2. The van der Waals surface area contributed by atoms with Crippen LogP contribution in [-0.4, -0.2) is 15.7 Å². The van der Waals surface area contributed by atoms with Crippen LogP contribution in [0.4, 0.5) is 14.5 Å². The molecule has 1 amide bonds. The molecule has 0 saturated carbocycles. The van der Waals surface area contributed by atoms with Gasteiger partial charge in [0, 0.05) is 6.07 Å². The van der Waals surface area contributed by atoms with Crippen molar-refractivity contribution in [2.45, 2.75) is 13.0 Å². The highest BCUT2D eigenvalue weighted by atomic mass is 19.1. The van der Waals surface area contributed by atoms with Crippen LogP contribution in [0.2, 0.25) is 0 Å². The summed E-state index contributed by atoms with van der Waals surface area (Å²) >= 11 is 0. The maximum Gasteiger partial charge on any atom is 0.438 e. The van der Waals surface area contributed by atoms with Gasteiger partial charge in [-0.05, 0) is 31.2 Å². The second-order valence-corrected chi connectivity index (χ2v) is 4.88. The molecule has 0 bridgehead atoms. The van der Waals surface area contributed by atoms with Gasteiger partial charge in [0.2, 0.25) is 5.91 Å². The Morgan fingerprint density at radius 2 is 2.12 bits per heavy atom. The Hall–Kier alpha value is -3.23. The van der Waals surface area contributed by atoms with Crippen molar-refractivity contribution in [2.24, 2.45) is 0 Å². The van der Waals surface area contributed by atoms with Crippen molar-refractivity contribution in [1.82, 2.24) is 9.78 Å². The van der Waals surface area contributed by atoms with Gasteiger partial charge in [0.05, 0.1) is 12.0 Å². The highest BCUT2D eigenvalue weighted by Crippen LogP contribution is 2.19. The zero-order valence-corrected chi connectivity index (χ0v) is 12.3. The highest BCUT2D eigenvalue weighted by Gasteiger charge is 2.23. The molecular weight excluding hydrogens is 324 g/mol. The molecule has 0 aliphatic carbocycles. The summed E-state index contributed by atoms with van der Waals surface area (Å²) in [6, 6.07) is 4.63. The minimum Gasteiger partial charge on any atom is -0.459 e. The van der Waals surface area contributed by atoms with Crippen LogP contribution in [-0.2, 0) is 4.79 Å². The predicted octanol–water partition coefficient (Wildman–Crippen LogP) is 2.57. The van der Waals surface area contributed by atoms with E-state index in [1.165, 1.54) is 19.3 Å². The molecule has 0 aliphatic rings. The minimum absolute atomic E-state index is 0.0958. The lowest BCUT2D eigenvalue weighted by Gasteiger charge is -2.11. The Kier molecular flexibility index (Phi) is 3.98. The van der Waals surface area contributed by atoms with Crippen molar-refractivity contribution in [3.05, 3.63) is 58.8 Å². The van der Waals surface area contributed by atoms with Crippen LogP contribution in [0, 0.1) is 11.6 Å². The number of furan rings is 1. The summed E-state index contributed by atoms with van der Waals surface area (Å²) in [6.07, 6.45) is 1.37. The Morgan fingerprint density at radius 1 is 1.33 bits per heavy atom. The summed E-state index contributed by atoms with van der Waals surface area (Å²) in [5, 5.41) is 6.07. The molecule has 2 aromatic heterocycles. The van der Waals surface area contributed by atoms with Crippen molar-refractivity contribution in [3.8, 4) is 11.7 Å². The van der Waals surface area contributed by atoms with E-state index < -0.39 is 29.3 Å². The molecule has 0 spiro atoms. The van der Waals surface area contributed by atoms with Crippen molar-refractivity contribution in [3.63, 3.8) is 0 Å². The van der Waals surface area contributed by atoms with Crippen molar-refractivity contribution < 1.29 is 22.4 Å². The van der Waals surface area contributed by atoms with Crippen LogP contribution in [0.15, 0.2) is 50.2 Å². The number of aromatic nitrogens is 2. The molecule has 3 aromatic rings. The van der Waals surface area contributed by atoms with Crippen LogP contribution in [0.5, 0.6) is 0 Å². The molecule has 0 aliphatic heterocycles. The topological polar surface area (TPSA) is 90.3 Å². The number of nitrogens with one attached hydrogen (secondary N) is 1. The normalized spacial score (nSPS) is 12.1. The molecule has 0 unspecified atom stereocenters. The van der Waals surface area contributed by atoms with Gasteiger partial charge in [-0.15, -0.1) is 5.10 Å². The maximum atomic E-state index is 13.6. The molecule has 9 heteroatoms. The summed E-state index contributed by atoms with van der Waals surface area (Å²) in [5.74, 6) is -3.04. The molecule has 3 rings (SSSR count).